The van der Waals surface area contributed by atoms with Crippen molar-refractivity contribution in [3.05, 3.63) is 29.8 Å². The highest BCUT2D eigenvalue weighted by molar-refractivity contribution is 7.80. The van der Waals surface area contributed by atoms with E-state index in [2.05, 4.69) is 10.7 Å². The van der Waals surface area contributed by atoms with Gasteiger partial charge in [-0.05, 0) is 49.8 Å². The number of rotatable bonds is 9. The Morgan fingerprint density at radius 3 is 2.47 bits per heavy atom. The number of hydrogen-bond donors (Lipinski definition) is 3. The number of likely N-dealkylation sites (N-methyl/N-ethyl adjacent to an activating group) is 1. The Kier molecular flexibility index (Phi) is 8.25. The number of thiocarbonyl (C=S) groups is 1. The molecule has 2 rings (SSSR count). The van der Waals surface area contributed by atoms with E-state index < -0.39 is 29.7 Å². The van der Waals surface area contributed by atoms with Crippen molar-refractivity contribution < 1.29 is 29.0 Å². The molecule has 1 aliphatic rings. The number of nitrogens with zero attached hydrogens (tertiary/aromatic N) is 2. The van der Waals surface area contributed by atoms with Crippen LogP contribution in [0.15, 0.2) is 24.3 Å². The number of aliphatic hydroxyl groups excluding tert-OH is 1. The molecular formula is C19H24N4O6S. The maximum absolute atomic E-state index is 12.5. The summed E-state index contributed by atoms with van der Waals surface area (Å²) in [5.41, 5.74) is 3.31. The molecule has 0 bridgehead atoms. The molecule has 1 fully saturated rings. The van der Waals surface area contributed by atoms with Crippen molar-refractivity contribution in [2.75, 3.05) is 25.6 Å². The van der Waals surface area contributed by atoms with Crippen LogP contribution >= 0.6 is 12.2 Å². The second-order valence-corrected chi connectivity index (χ2v) is 6.84. The Morgan fingerprint density at radius 2 is 1.87 bits per heavy atom. The topological polar surface area (TPSA) is 128 Å². The summed E-state index contributed by atoms with van der Waals surface area (Å²) >= 11 is 5.18. The Hall–Kier alpha value is -3.05. The summed E-state index contributed by atoms with van der Waals surface area (Å²) in [6, 6.07) is 5.15. The molecule has 0 saturated carbocycles. The first-order chi connectivity index (χ1) is 14.3. The summed E-state index contributed by atoms with van der Waals surface area (Å²) in [6.45, 7) is 1.83. The summed E-state index contributed by atoms with van der Waals surface area (Å²) in [6.07, 6.45) is 0.0750. The molecule has 1 aromatic rings. The highest BCUT2D eigenvalue weighted by atomic mass is 32.1. The number of hydrogen-bond acceptors (Lipinski definition) is 7. The van der Waals surface area contributed by atoms with Crippen LogP contribution in [0.2, 0.25) is 0 Å². The van der Waals surface area contributed by atoms with Crippen LogP contribution in [0.1, 0.15) is 36.5 Å². The number of hydrazine groups is 1. The Bertz CT molecular complexity index is 829. The van der Waals surface area contributed by atoms with Crippen molar-refractivity contribution in [1.29, 1.82) is 0 Å². The van der Waals surface area contributed by atoms with E-state index >= 15 is 0 Å². The van der Waals surface area contributed by atoms with Crippen molar-refractivity contribution in [2.45, 2.75) is 32.2 Å². The van der Waals surface area contributed by atoms with Gasteiger partial charge in [0, 0.05) is 25.8 Å². The largest absolute Gasteiger partial charge is 0.462 e. The minimum Gasteiger partial charge on any atom is -0.462 e. The molecular weight excluding hydrogens is 412 g/mol. The van der Waals surface area contributed by atoms with Gasteiger partial charge in [-0.25, -0.2) is 9.80 Å². The molecule has 30 heavy (non-hydrogen) atoms. The lowest BCUT2D eigenvalue weighted by atomic mass is 10.1. The van der Waals surface area contributed by atoms with Gasteiger partial charge in [0.25, 0.3) is 5.91 Å². The smallest absolute Gasteiger partial charge is 0.338 e. The lowest BCUT2D eigenvalue weighted by molar-refractivity contribution is -0.132. The van der Waals surface area contributed by atoms with E-state index in [1.807, 2.05) is 0 Å². The SMILES string of the molecule is CCOC(=O)c1ccc(NC(=O)CC2C(=O)N(C)C(=S)N2NC(=O)CCCO)cc1. The van der Waals surface area contributed by atoms with Crippen molar-refractivity contribution in [3.63, 3.8) is 0 Å². The maximum atomic E-state index is 12.5. The molecule has 0 aliphatic carbocycles. The lowest BCUT2D eigenvalue weighted by Crippen LogP contribution is -2.49. The summed E-state index contributed by atoms with van der Waals surface area (Å²) in [4.78, 5) is 49.8. The second-order valence-electron chi connectivity index (χ2n) is 6.48. The number of benzene rings is 1. The number of esters is 1. The molecule has 1 aromatic carbocycles. The number of nitrogens with one attached hydrogen (secondary N) is 2. The molecule has 0 aromatic heterocycles. The summed E-state index contributed by atoms with van der Waals surface area (Å²) < 4.78 is 4.90. The Balaban J connectivity index is 2.02. The van der Waals surface area contributed by atoms with E-state index in [1.165, 1.54) is 29.1 Å². The second kappa shape index (κ2) is 10.6. The number of ether oxygens (including phenoxy) is 1. The molecule has 10 nitrogen and oxygen atoms in total. The van der Waals surface area contributed by atoms with E-state index in [9.17, 15) is 19.2 Å². The van der Waals surface area contributed by atoms with Crippen LogP contribution in [0.4, 0.5) is 5.69 Å². The van der Waals surface area contributed by atoms with Crippen molar-refractivity contribution >= 4 is 46.7 Å². The summed E-state index contributed by atoms with van der Waals surface area (Å²) in [5.74, 6) is -1.77. The van der Waals surface area contributed by atoms with Crippen LogP contribution in [-0.4, -0.2) is 70.1 Å². The predicted octanol–water partition coefficient (Wildman–Crippen LogP) is 0.423. The van der Waals surface area contributed by atoms with Crippen molar-refractivity contribution in [2.24, 2.45) is 0 Å². The van der Waals surface area contributed by atoms with E-state index in [1.54, 1.807) is 19.1 Å². The zero-order chi connectivity index (χ0) is 22.3. The number of anilines is 1. The van der Waals surface area contributed by atoms with Gasteiger partial charge in [0.05, 0.1) is 18.6 Å². The molecule has 1 unspecified atom stereocenters. The first kappa shape index (κ1) is 23.2. The van der Waals surface area contributed by atoms with Crippen LogP contribution in [0.3, 0.4) is 0 Å². The van der Waals surface area contributed by atoms with Gasteiger partial charge in [0.15, 0.2) is 5.11 Å². The third kappa shape index (κ3) is 5.74. The van der Waals surface area contributed by atoms with Gasteiger partial charge in [-0.1, -0.05) is 0 Å². The Labute approximate surface area is 179 Å². The molecule has 0 spiro atoms. The van der Waals surface area contributed by atoms with Crippen molar-refractivity contribution in [1.82, 2.24) is 15.3 Å². The highest BCUT2D eigenvalue weighted by Gasteiger charge is 2.42. The Morgan fingerprint density at radius 1 is 1.20 bits per heavy atom. The molecule has 3 amide bonds. The van der Waals surface area contributed by atoms with Crippen LogP contribution in [0.5, 0.6) is 0 Å². The first-order valence-electron chi connectivity index (χ1n) is 9.36. The number of carbonyl (C=O) groups is 4. The van der Waals surface area contributed by atoms with Crippen LogP contribution in [-0.2, 0) is 19.1 Å². The average Bonchev–Trinajstić information content (AvgIpc) is 2.91. The summed E-state index contributed by atoms with van der Waals surface area (Å²) in [5, 5.41) is 12.8. The van der Waals surface area contributed by atoms with Gasteiger partial charge in [0.2, 0.25) is 11.8 Å². The molecule has 0 radical (unpaired) electrons. The van der Waals surface area contributed by atoms with Crippen molar-refractivity contribution in [3.8, 4) is 0 Å². The number of aliphatic hydroxyl groups is 1. The van der Waals surface area contributed by atoms with E-state index in [-0.39, 0.29) is 37.6 Å². The quantitative estimate of drug-likeness (QED) is 0.375. The minimum atomic E-state index is -0.987. The molecule has 3 N–H and O–H groups in total. The van der Waals surface area contributed by atoms with Crippen LogP contribution in [0, 0.1) is 0 Å². The van der Waals surface area contributed by atoms with E-state index in [0.717, 1.165) is 0 Å². The fourth-order valence-electron chi connectivity index (χ4n) is 2.75. The molecule has 1 heterocycles. The standard InChI is InChI=1S/C19H24N4O6S/c1-3-29-18(28)12-6-8-13(9-7-12)20-16(26)11-14-17(27)22(2)19(30)23(14)21-15(25)5-4-10-24/h6-9,14,24H,3-5,10-11H2,1-2H3,(H,20,26)(H,21,25). The molecule has 1 aliphatic heterocycles. The zero-order valence-corrected chi connectivity index (χ0v) is 17.5. The van der Waals surface area contributed by atoms with Gasteiger partial charge in [-0.3, -0.25) is 24.7 Å². The van der Waals surface area contributed by atoms with Crippen LogP contribution in [0.25, 0.3) is 0 Å². The lowest BCUT2D eigenvalue weighted by Gasteiger charge is -2.24. The number of amides is 3. The van der Waals surface area contributed by atoms with Gasteiger partial charge in [-0.2, -0.15) is 0 Å². The average molecular weight is 436 g/mol. The van der Waals surface area contributed by atoms with E-state index in [4.69, 9.17) is 22.1 Å². The molecule has 11 heteroatoms. The minimum absolute atomic E-state index is 0.0548. The van der Waals surface area contributed by atoms with E-state index in [0.29, 0.717) is 11.3 Å². The molecule has 162 valence electrons. The monoisotopic (exact) mass is 436 g/mol. The highest BCUT2D eigenvalue weighted by Crippen LogP contribution is 2.19. The van der Waals surface area contributed by atoms with Gasteiger partial charge < -0.3 is 15.2 Å². The third-order valence-electron chi connectivity index (χ3n) is 4.29. The zero-order valence-electron chi connectivity index (χ0n) is 16.7. The predicted molar refractivity (Wildman–Crippen MR) is 111 cm³/mol. The van der Waals surface area contributed by atoms with Gasteiger partial charge in [-0.15, -0.1) is 0 Å². The van der Waals surface area contributed by atoms with Crippen LogP contribution < -0.4 is 10.7 Å². The maximum Gasteiger partial charge on any atom is 0.338 e. The fraction of sp³-hybridized carbons (Fsp3) is 0.421. The molecule has 1 atom stereocenters. The first-order valence-corrected chi connectivity index (χ1v) is 9.77. The van der Waals surface area contributed by atoms with Gasteiger partial charge in [0.1, 0.15) is 6.04 Å². The fourth-order valence-corrected chi connectivity index (χ4v) is 3.01. The molecule has 1 saturated heterocycles. The third-order valence-corrected chi connectivity index (χ3v) is 4.76. The summed E-state index contributed by atoms with van der Waals surface area (Å²) in [7, 11) is 1.46. The number of carbonyl (C=O) groups excluding carboxylic acids is 4. The van der Waals surface area contributed by atoms with Gasteiger partial charge >= 0.3 is 5.97 Å². The normalized spacial score (nSPS) is 15.9.